The molecule has 116 valence electrons. The molecule has 0 unspecified atom stereocenters. The van der Waals surface area contributed by atoms with Crippen molar-refractivity contribution in [2.45, 2.75) is 38.3 Å². The number of hydrogen-bond donors (Lipinski definition) is 2. The molecule has 0 fully saturated rings. The highest BCUT2D eigenvalue weighted by Crippen LogP contribution is 2.23. The Hall–Kier alpha value is -0.730. The largest absolute Gasteiger partial charge is 0.312 e. The van der Waals surface area contributed by atoms with Crippen molar-refractivity contribution >= 4 is 32.7 Å². The molecule has 2 heterocycles. The van der Waals surface area contributed by atoms with Crippen LogP contribution in [0, 0.1) is 6.92 Å². The molecule has 4 nitrogen and oxygen atoms in total. The predicted octanol–water partition coefficient (Wildman–Crippen LogP) is 3.10. The van der Waals surface area contributed by atoms with Gasteiger partial charge in [0.05, 0.1) is 4.90 Å². The molecule has 2 aromatic rings. The van der Waals surface area contributed by atoms with Crippen molar-refractivity contribution < 1.29 is 8.42 Å². The van der Waals surface area contributed by atoms with Crippen molar-refractivity contribution in [3.63, 3.8) is 0 Å². The minimum atomic E-state index is -3.45. The summed E-state index contributed by atoms with van der Waals surface area (Å²) in [6, 6.07) is 3.68. The first-order valence-electron chi connectivity index (χ1n) is 6.84. The van der Waals surface area contributed by atoms with Gasteiger partial charge < -0.3 is 5.32 Å². The van der Waals surface area contributed by atoms with Crippen molar-refractivity contribution in [1.82, 2.24) is 10.0 Å². The summed E-state index contributed by atoms with van der Waals surface area (Å²) in [7, 11) is -3.45. The van der Waals surface area contributed by atoms with E-state index in [0.717, 1.165) is 28.3 Å². The lowest BCUT2D eigenvalue weighted by atomic mass is 10.3. The third kappa shape index (κ3) is 4.37. The fraction of sp³-hybridized carbons (Fsp3) is 0.429. The van der Waals surface area contributed by atoms with E-state index in [1.807, 2.05) is 23.8 Å². The monoisotopic (exact) mass is 344 g/mol. The van der Waals surface area contributed by atoms with Crippen LogP contribution in [0.15, 0.2) is 27.8 Å². The molecule has 0 radical (unpaired) electrons. The molecular weight excluding hydrogens is 324 g/mol. The summed E-state index contributed by atoms with van der Waals surface area (Å²) in [6.45, 7) is 5.91. The molecule has 7 heteroatoms. The van der Waals surface area contributed by atoms with E-state index >= 15 is 0 Å². The first-order valence-corrected chi connectivity index (χ1v) is 10.1. The number of rotatable bonds is 8. The summed E-state index contributed by atoms with van der Waals surface area (Å²) in [5, 5.41) is 7.05. The van der Waals surface area contributed by atoms with Gasteiger partial charge in [-0.3, -0.25) is 0 Å². The Kier molecular flexibility index (Phi) is 5.95. The van der Waals surface area contributed by atoms with Crippen molar-refractivity contribution in [1.29, 1.82) is 0 Å². The Morgan fingerprint density at radius 1 is 1.10 bits per heavy atom. The van der Waals surface area contributed by atoms with Gasteiger partial charge in [0, 0.05) is 22.8 Å². The molecule has 0 aromatic carbocycles. The van der Waals surface area contributed by atoms with E-state index in [1.165, 1.54) is 11.3 Å². The molecule has 0 aliphatic carbocycles. The highest BCUT2D eigenvalue weighted by molar-refractivity contribution is 7.89. The lowest BCUT2D eigenvalue weighted by molar-refractivity contribution is 0.579. The minimum absolute atomic E-state index is 0.351. The maximum Gasteiger partial charge on any atom is 0.242 e. The summed E-state index contributed by atoms with van der Waals surface area (Å²) >= 11 is 3.05. The number of thiophene rings is 2. The molecule has 0 atom stereocenters. The fourth-order valence-corrected chi connectivity index (χ4v) is 5.24. The average molecular weight is 345 g/mol. The standard InChI is InChI=1S/C14H20N2O2S3/c1-3-6-15-9-13-14(5-8-20-13)21(17,18)16-10-12-11(2)4-7-19-12/h4-5,7-8,15-16H,3,6,9-10H2,1-2H3. The molecule has 0 saturated heterocycles. The van der Waals surface area contributed by atoms with Crippen LogP contribution in [0.2, 0.25) is 0 Å². The highest BCUT2D eigenvalue weighted by atomic mass is 32.2. The predicted molar refractivity (Wildman–Crippen MR) is 89.4 cm³/mol. The number of aryl methyl sites for hydroxylation is 1. The van der Waals surface area contributed by atoms with Crippen LogP contribution < -0.4 is 10.0 Å². The summed E-state index contributed by atoms with van der Waals surface area (Å²) in [6.07, 6.45) is 1.03. The van der Waals surface area contributed by atoms with Crippen LogP contribution in [0.4, 0.5) is 0 Å². The van der Waals surface area contributed by atoms with E-state index in [2.05, 4.69) is 17.0 Å². The summed E-state index contributed by atoms with van der Waals surface area (Å²) in [5.74, 6) is 0. The zero-order valence-electron chi connectivity index (χ0n) is 12.2. The molecule has 0 amide bonds. The van der Waals surface area contributed by atoms with Gasteiger partial charge in [-0.05, 0) is 48.3 Å². The summed E-state index contributed by atoms with van der Waals surface area (Å²) in [4.78, 5) is 2.31. The third-order valence-corrected chi connectivity index (χ3v) is 6.66. The zero-order chi connectivity index (χ0) is 15.3. The van der Waals surface area contributed by atoms with Crippen molar-refractivity contribution in [2.24, 2.45) is 0 Å². The molecule has 0 aliphatic rings. The van der Waals surface area contributed by atoms with Crippen LogP contribution >= 0.6 is 22.7 Å². The molecule has 21 heavy (non-hydrogen) atoms. The van der Waals surface area contributed by atoms with E-state index in [4.69, 9.17) is 0 Å². The molecule has 0 saturated carbocycles. The fourth-order valence-electron chi connectivity index (χ4n) is 1.90. The van der Waals surface area contributed by atoms with Gasteiger partial charge in [0.15, 0.2) is 0 Å². The first-order chi connectivity index (χ1) is 10.0. The van der Waals surface area contributed by atoms with E-state index in [1.54, 1.807) is 17.4 Å². The van der Waals surface area contributed by atoms with Crippen molar-refractivity contribution in [3.05, 3.63) is 38.2 Å². The van der Waals surface area contributed by atoms with Crippen molar-refractivity contribution in [3.8, 4) is 0 Å². The second-order valence-corrected chi connectivity index (χ2v) is 8.47. The number of nitrogens with one attached hydrogen (secondary N) is 2. The Morgan fingerprint density at radius 2 is 1.81 bits per heavy atom. The zero-order valence-corrected chi connectivity index (χ0v) is 14.6. The molecule has 2 rings (SSSR count). The van der Waals surface area contributed by atoms with Crippen LogP contribution in [0.1, 0.15) is 28.7 Å². The van der Waals surface area contributed by atoms with Crippen molar-refractivity contribution in [2.75, 3.05) is 6.54 Å². The van der Waals surface area contributed by atoms with Gasteiger partial charge in [0.25, 0.3) is 0 Å². The van der Waals surface area contributed by atoms with Gasteiger partial charge in [0.1, 0.15) is 0 Å². The molecule has 0 aliphatic heterocycles. The van der Waals surface area contributed by atoms with E-state index < -0.39 is 10.0 Å². The lowest BCUT2D eigenvalue weighted by Crippen LogP contribution is -2.24. The van der Waals surface area contributed by atoms with Gasteiger partial charge in [-0.15, -0.1) is 22.7 Å². The molecule has 0 bridgehead atoms. The molecule has 2 N–H and O–H groups in total. The topological polar surface area (TPSA) is 58.2 Å². The van der Waals surface area contributed by atoms with Gasteiger partial charge >= 0.3 is 0 Å². The smallest absolute Gasteiger partial charge is 0.242 e. The van der Waals surface area contributed by atoms with E-state index in [9.17, 15) is 8.42 Å². The maximum absolute atomic E-state index is 12.4. The normalized spacial score (nSPS) is 11.9. The Balaban J connectivity index is 2.05. The van der Waals surface area contributed by atoms with E-state index in [-0.39, 0.29) is 0 Å². The van der Waals surface area contributed by atoms with Crippen LogP contribution in [0.3, 0.4) is 0 Å². The quantitative estimate of drug-likeness (QED) is 0.724. The van der Waals surface area contributed by atoms with Crippen LogP contribution in [0.5, 0.6) is 0 Å². The molecule has 2 aromatic heterocycles. The van der Waals surface area contributed by atoms with Gasteiger partial charge in [-0.1, -0.05) is 6.92 Å². The van der Waals surface area contributed by atoms with Crippen LogP contribution in [0.25, 0.3) is 0 Å². The van der Waals surface area contributed by atoms with Gasteiger partial charge in [-0.2, -0.15) is 0 Å². The second kappa shape index (κ2) is 7.51. The first kappa shape index (κ1) is 16.6. The second-order valence-electron chi connectivity index (χ2n) is 4.74. The SMILES string of the molecule is CCCNCc1sccc1S(=O)(=O)NCc1sccc1C. The third-order valence-electron chi connectivity index (χ3n) is 3.10. The molecule has 0 spiro atoms. The van der Waals surface area contributed by atoms with Crippen LogP contribution in [-0.4, -0.2) is 15.0 Å². The number of hydrogen-bond acceptors (Lipinski definition) is 5. The summed E-state index contributed by atoms with van der Waals surface area (Å²) < 4.78 is 27.5. The Labute approximate surface area is 134 Å². The Bertz CT molecular complexity index is 674. The highest BCUT2D eigenvalue weighted by Gasteiger charge is 2.19. The van der Waals surface area contributed by atoms with Crippen LogP contribution in [-0.2, 0) is 23.1 Å². The van der Waals surface area contributed by atoms with Gasteiger partial charge in [0.2, 0.25) is 10.0 Å². The summed E-state index contributed by atoms with van der Waals surface area (Å²) in [5.41, 5.74) is 1.12. The van der Waals surface area contributed by atoms with E-state index in [0.29, 0.717) is 18.0 Å². The van der Waals surface area contributed by atoms with Gasteiger partial charge in [-0.25, -0.2) is 13.1 Å². The average Bonchev–Trinajstić information content (AvgIpc) is 3.06. The lowest BCUT2D eigenvalue weighted by Gasteiger charge is -2.08. The number of sulfonamides is 1. The Morgan fingerprint density at radius 3 is 2.48 bits per heavy atom. The molecular formula is C14H20N2O2S3. The minimum Gasteiger partial charge on any atom is -0.312 e. The maximum atomic E-state index is 12.4.